The van der Waals surface area contributed by atoms with Gasteiger partial charge >= 0.3 is 0 Å². The van der Waals surface area contributed by atoms with Gasteiger partial charge in [-0.15, -0.1) is 0 Å². The lowest BCUT2D eigenvalue weighted by atomic mass is 10.0. The molecule has 1 rings (SSSR count). The number of hydrogen-bond acceptors (Lipinski definition) is 3. The highest BCUT2D eigenvalue weighted by molar-refractivity contribution is 5.38. The van der Waals surface area contributed by atoms with Crippen LogP contribution < -0.4 is 10.5 Å². The van der Waals surface area contributed by atoms with Crippen molar-refractivity contribution in [3.8, 4) is 5.75 Å². The molecule has 84 valence electrons. The molecule has 0 heterocycles. The van der Waals surface area contributed by atoms with Crippen LogP contribution in [0.3, 0.4) is 0 Å². The Balaban J connectivity index is 2.99. The second kappa shape index (κ2) is 5.73. The Morgan fingerprint density at radius 1 is 1.33 bits per heavy atom. The molecule has 0 radical (unpaired) electrons. The summed E-state index contributed by atoms with van der Waals surface area (Å²) in [6.45, 7) is 2.65. The molecule has 1 atom stereocenters. The third-order valence-electron chi connectivity index (χ3n) is 2.45. The highest BCUT2D eigenvalue weighted by atomic mass is 16.5. The molecule has 0 bridgehead atoms. The van der Waals surface area contributed by atoms with E-state index in [4.69, 9.17) is 15.2 Å². The second-order valence-corrected chi connectivity index (χ2v) is 3.55. The third kappa shape index (κ3) is 2.94. The Hall–Kier alpha value is -1.06. The molecule has 0 saturated heterocycles. The fraction of sp³-hybridized carbons (Fsp3) is 0.500. The second-order valence-electron chi connectivity index (χ2n) is 3.55. The van der Waals surface area contributed by atoms with Gasteiger partial charge in [0.25, 0.3) is 0 Å². The summed E-state index contributed by atoms with van der Waals surface area (Å²) in [4.78, 5) is 0. The van der Waals surface area contributed by atoms with Crippen LogP contribution in [-0.2, 0) is 4.74 Å². The van der Waals surface area contributed by atoms with Gasteiger partial charge in [0, 0.05) is 12.7 Å². The highest BCUT2D eigenvalue weighted by Crippen LogP contribution is 2.29. The average molecular weight is 209 g/mol. The van der Waals surface area contributed by atoms with Gasteiger partial charge in [0.1, 0.15) is 5.75 Å². The molecule has 2 N–H and O–H groups in total. The molecule has 0 aromatic heterocycles. The molecule has 0 spiro atoms. The van der Waals surface area contributed by atoms with Crippen LogP contribution in [0.5, 0.6) is 5.75 Å². The van der Waals surface area contributed by atoms with Crippen molar-refractivity contribution in [3.63, 3.8) is 0 Å². The van der Waals surface area contributed by atoms with Gasteiger partial charge in [-0.05, 0) is 31.5 Å². The summed E-state index contributed by atoms with van der Waals surface area (Å²) in [7, 11) is 3.37. The summed E-state index contributed by atoms with van der Waals surface area (Å²) in [5, 5.41) is 0. The molecular weight excluding hydrogens is 190 g/mol. The van der Waals surface area contributed by atoms with Crippen molar-refractivity contribution in [2.24, 2.45) is 5.73 Å². The van der Waals surface area contributed by atoms with Crippen LogP contribution in [0.1, 0.15) is 23.7 Å². The van der Waals surface area contributed by atoms with Gasteiger partial charge in [-0.2, -0.15) is 0 Å². The molecule has 1 aromatic carbocycles. The lowest BCUT2D eigenvalue weighted by Crippen LogP contribution is -2.10. The number of aryl methyl sites for hydroxylation is 1. The molecule has 0 aliphatic rings. The van der Waals surface area contributed by atoms with E-state index >= 15 is 0 Å². The standard InChI is InChI=1S/C12H19NO2/c1-9-4-5-10(12(8-9)15-3)11(14-2)6-7-13/h4-5,8,11H,6-7,13H2,1-3H3. The van der Waals surface area contributed by atoms with Crippen molar-refractivity contribution in [3.05, 3.63) is 29.3 Å². The minimum Gasteiger partial charge on any atom is -0.496 e. The predicted octanol–water partition coefficient (Wildman–Crippen LogP) is 2.04. The average Bonchev–Trinajstić information content (AvgIpc) is 2.26. The van der Waals surface area contributed by atoms with E-state index in [1.165, 1.54) is 5.56 Å². The van der Waals surface area contributed by atoms with E-state index in [-0.39, 0.29) is 6.10 Å². The van der Waals surface area contributed by atoms with Crippen LogP contribution in [0.25, 0.3) is 0 Å². The van der Waals surface area contributed by atoms with Crippen molar-refractivity contribution in [2.75, 3.05) is 20.8 Å². The van der Waals surface area contributed by atoms with Gasteiger partial charge in [-0.1, -0.05) is 12.1 Å². The van der Waals surface area contributed by atoms with Crippen LogP contribution >= 0.6 is 0 Å². The van der Waals surface area contributed by atoms with Gasteiger partial charge in [-0.25, -0.2) is 0 Å². The first-order valence-electron chi connectivity index (χ1n) is 5.10. The monoisotopic (exact) mass is 209 g/mol. The summed E-state index contributed by atoms with van der Waals surface area (Å²) >= 11 is 0. The lowest BCUT2D eigenvalue weighted by Gasteiger charge is -2.18. The van der Waals surface area contributed by atoms with Crippen LogP contribution in [-0.4, -0.2) is 20.8 Å². The maximum atomic E-state index is 5.54. The predicted molar refractivity (Wildman–Crippen MR) is 61.2 cm³/mol. The zero-order chi connectivity index (χ0) is 11.3. The van der Waals surface area contributed by atoms with Crippen LogP contribution in [0.15, 0.2) is 18.2 Å². The number of methoxy groups -OCH3 is 2. The van der Waals surface area contributed by atoms with Gasteiger partial charge < -0.3 is 15.2 Å². The van der Waals surface area contributed by atoms with Crippen LogP contribution in [0.4, 0.5) is 0 Å². The minimum absolute atomic E-state index is 0.0190. The molecule has 15 heavy (non-hydrogen) atoms. The maximum absolute atomic E-state index is 5.54. The first kappa shape index (κ1) is 12.0. The summed E-state index contributed by atoms with van der Waals surface area (Å²) in [5.74, 6) is 0.871. The maximum Gasteiger partial charge on any atom is 0.124 e. The van der Waals surface area contributed by atoms with Crippen molar-refractivity contribution < 1.29 is 9.47 Å². The molecule has 0 amide bonds. The molecule has 0 aliphatic carbocycles. The Kier molecular flexibility index (Phi) is 4.59. The van der Waals surface area contributed by atoms with E-state index in [1.54, 1.807) is 14.2 Å². The van der Waals surface area contributed by atoms with Crippen molar-refractivity contribution >= 4 is 0 Å². The molecule has 1 unspecified atom stereocenters. The number of rotatable bonds is 5. The number of nitrogens with two attached hydrogens (primary N) is 1. The molecule has 3 heteroatoms. The fourth-order valence-electron chi connectivity index (χ4n) is 1.64. The smallest absolute Gasteiger partial charge is 0.124 e. The van der Waals surface area contributed by atoms with Gasteiger partial charge in [0.05, 0.1) is 13.2 Å². The Bertz CT molecular complexity index is 312. The van der Waals surface area contributed by atoms with Crippen LogP contribution in [0, 0.1) is 6.92 Å². The summed E-state index contributed by atoms with van der Waals surface area (Å²) in [6.07, 6.45) is 0.821. The topological polar surface area (TPSA) is 44.5 Å². The van der Waals surface area contributed by atoms with E-state index in [9.17, 15) is 0 Å². The Labute approximate surface area is 91.2 Å². The Morgan fingerprint density at radius 2 is 2.07 bits per heavy atom. The largest absolute Gasteiger partial charge is 0.496 e. The van der Waals surface area contributed by atoms with Gasteiger partial charge in [0.15, 0.2) is 0 Å². The molecule has 0 fully saturated rings. The van der Waals surface area contributed by atoms with E-state index < -0.39 is 0 Å². The normalized spacial score (nSPS) is 12.5. The summed E-state index contributed by atoms with van der Waals surface area (Å²) in [5.41, 5.74) is 7.79. The van der Waals surface area contributed by atoms with Crippen molar-refractivity contribution in [1.82, 2.24) is 0 Å². The summed E-state index contributed by atoms with van der Waals surface area (Å²) in [6, 6.07) is 6.11. The number of ether oxygens (including phenoxy) is 2. The Morgan fingerprint density at radius 3 is 2.60 bits per heavy atom. The first-order valence-corrected chi connectivity index (χ1v) is 5.10. The zero-order valence-electron chi connectivity index (χ0n) is 9.62. The minimum atomic E-state index is 0.0190. The fourth-order valence-corrected chi connectivity index (χ4v) is 1.64. The van der Waals surface area contributed by atoms with E-state index in [1.807, 2.05) is 19.1 Å². The molecule has 0 aliphatic heterocycles. The van der Waals surface area contributed by atoms with E-state index in [0.29, 0.717) is 6.54 Å². The molecule has 3 nitrogen and oxygen atoms in total. The zero-order valence-corrected chi connectivity index (χ0v) is 9.62. The first-order chi connectivity index (χ1) is 7.22. The number of hydrogen-bond donors (Lipinski definition) is 1. The van der Waals surface area contributed by atoms with E-state index in [0.717, 1.165) is 17.7 Å². The summed E-state index contributed by atoms with van der Waals surface area (Å²) < 4.78 is 10.7. The van der Waals surface area contributed by atoms with E-state index in [2.05, 4.69) is 6.07 Å². The lowest BCUT2D eigenvalue weighted by molar-refractivity contribution is 0.0954. The highest BCUT2D eigenvalue weighted by Gasteiger charge is 2.14. The SMILES string of the molecule is COc1cc(C)ccc1C(CCN)OC. The third-order valence-corrected chi connectivity index (χ3v) is 2.45. The van der Waals surface area contributed by atoms with Gasteiger partial charge in [-0.3, -0.25) is 0 Å². The van der Waals surface area contributed by atoms with Gasteiger partial charge in [0.2, 0.25) is 0 Å². The molecule has 0 saturated carbocycles. The van der Waals surface area contributed by atoms with Crippen LogP contribution in [0.2, 0.25) is 0 Å². The number of benzene rings is 1. The molecule has 1 aromatic rings. The molecular formula is C12H19NO2. The van der Waals surface area contributed by atoms with Crippen molar-refractivity contribution in [1.29, 1.82) is 0 Å². The quantitative estimate of drug-likeness (QED) is 0.807. The van der Waals surface area contributed by atoms with Crippen molar-refractivity contribution in [2.45, 2.75) is 19.4 Å².